The van der Waals surface area contributed by atoms with E-state index in [1.165, 1.54) is 12.8 Å². The molecule has 0 amide bonds. The predicted molar refractivity (Wildman–Crippen MR) is 79.7 cm³/mol. The average Bonchev–Trinajstić information content (AvgIpc) is 2.12. The topological polar surface area (TPSA) is 0 Å². The zero-order valence-corrected chi connectivity index (χ0v) is 14.6. The van der Waals surface area contributed by atoms with Crippen molar-refractivity contribution in [2.45, 2.75) is 65.5 Å². The van der Waals surface area contributed by atoms with Gasteiger partial charge in [-0.2, -0.15) is 0 Å². The van der Waals surface area contributed by atoms with Gasteiger partial charge < -0.3 is 0 Å². The summed E-state index contributed by atoms with van der Waals surface area (Å²) in [5.41, 5.74) is 3.69. The molecule has 0 nitrogen and oxygen atoms in total. The molecule has 0 aromatic heterocycles. The van der Waals surface area contributed by atoms with E-state index in [-0.39, 0.29) is 8.31 Å². The van der Waals surface area contributed by atoms with Gasteiger partial charge in [0.1, 0.15) is 7.59 Å². The number of rotatable bonds is 4. The lowest BCUT2D eigenvalue weighted by Gasteiger charge is -2.36. The highest BCUT2D eigenvalue weighted by Crippen LogP contribution is 2.21. The molecule has 0 unspecified atom stereocenters. The molecule has 0 aromatic rings. The third-order valence-electron chi connectivity index (χ3n) is 3.87. The maximum atomic E-state index is 3.69. The summed E-state index contributed by atoms with van der Waals surface area (Å²) in [6, 6.07) is 0. The Bertz CT molecular complexity index is 243. The Balaban J connectivity index is 4.57. The van der Waals surface area contributed by atoms with Crippen LogP contribution < -0.4 is 0 Å². The van der Waals surface area contributed by atoms with E-state index < -0.39 is 14.7 Å². The normalized spacial score (nSPS) is 12.5. The second-order valence-electron chi connectivity index (χ2n) is 5.66. The highest BCUT2D eigenvalue weighted by atomic mass is 29.6. The van der Waals surface area contributed by atoms with Crippen molar-refractivity contribution in [2.75, 3.05) is 0 Å². The zero-order chi connectivity index (χ0) is 12.1. The van der Waals surface area contributed by atoms with Crippen molar-refractivity contribution in [1.82, 2.24) is 0 Å². The van der Waals surface area contributed by atoms with Crippen molar-refractivity contribution in [3.63, 3.8) is 0 Å². The van der Waals surface area contributed by atoms with E-state index >= 15 is 0 Å². The second-order valence-corrected chi connectivity index (χ2v) is 30.2. The Labute approximate surface area is 100 Å². The first-order valence-electron chi connectivity index (χ1n) is 6.06. The number of hydrogen-bond acceptors (Lipinski definition) is 0. The molecule has 0 aliphatic rings. The summed E-state index contributed by atoms with van der Waals surface area (Å²) >= 11 is 0. The van der Waals surface area contributed by atoms with Crippen molar-refractivity contribution in [3.05, 3.63) is 0 Å². The van der Waals surface area contributed by atoms with Crippen molar-refractivity contribution in [3.8, 4) is 11.5 Å². The van der Waals surface area contributed by atoms with Crippen molar-refractivity contribution < 1.29 is 0 Å². The first kappa shape index (κ1) is 15.2. The summed E-state index contributed by atoms with van der Waals surface area (Å²) in [5, 5.41) is 0. The minimum absolute atomic E-state index is 0.112. The molecular weight excluding hydrogens is 228 g/mol. The molecule has 0 N–H and O–H groups in total. The number of hydrogen-bond donors (Lipinski definition) is 0. The zero-order valence-electron chi connectivity index (χ0n) is 11.6. The maximum absolute atomic E-state index is 3.69. The van der Waals surface area contributed by atoms with Gasteiger partial charge in [-0.05, 0) is 6.42 Å². The van der Waals surface area contributed by atoms with Crippen LogP contribution in [0.15, 0.2) is 0 Å². The maximum Gasteiger partial charge on any atom is 0.120 e. The molecule has 0 fully saturated rings. The molecule has 15 heavy (non-hydrogen) atoms. The monoisotopic (exact) mass is 255 g/mol. The second kappa shape index (κ2) is 6.07. The average molecular weight is 256 g/mol. The first-order valence-corrected chi connectivity index (χ1v) is 16.6. The molecule has 87 valence electrons. The standard InChI is InChI=1S/C12H27Si3/c1-8-9-10-11-12-14(4,5)15(6,7)13(2)3/h8-10H2,1-7H3. The van der Waals surface area contributed by atoms with Gasteiger partial charge in [0, 0.05) is 21.8 Å². The molecule has 0 saturated carbocycles. The molecule has 0 bridgehead atoms. The summed E-state index contributed by atoms with van der Waals surface area (Å²) in [4.78, 5) is 0. The van der Waals surface area contributed by atoms with Crippen LogP contribution in [0.5, 0.6) is 0 Å². The van der Waals surface area contributed by atoms with Crippen LogP contribution >= 0.6 is 0 Å². The SMILES string of the molecule is CCCCC#C[Si](C)(C)[Si](C)(C)[Si](C)C. The molecule has 0 aliphatic carbocycles. The Hall–Kier alpha value is 0.211. The largest absolute Gasteiger partial charge is 0.135 e. The Kier molecular flexibility index (Phi) is 6.16. The molecule has 0 heterocycles. The molecule has 0 spiro atoms. The van der Waals surface area contributed by atoms with E-state index in [4.69, 9.17) is 0 Å². The summed E-state index contributed by atoms with van der Waals surface area (Å²) in [6.45, 7) is 17.3. The minimum Gasteiger partial charge on any atom is -0.135 e. The highest BCUT2D eigenvalue weighted by Gasteiger charge is 2.42. The fraction of sp³-hybridized carbons (Fsp3) is 0.833. The van der Waals surface area contributed by atoms with Crippen LogP contribution in [0.4, 0.5) is 0 Å². The van der Waals surface area contributed by atoms with Crippen LogP contribution in [0.2, 0.25) is 39.3 Å². The lowest BCUT2D eigenvalue weighted by molar-refractivity contribution is 0.828. The van der Waals surface area contributed by atoms with E-state index in [0.717, 1.165) is 6.42 Å². The first-order chi connectivity index (χ1) is 6.75. The Morgan fingerprint density at radius 3 is 2.00 bits per heavy atom. The molecule has 0 atom stereocenters. The van der Waals surface area contributed by atoms with Gasteiger partial charge in [-0.15, -0.1) is 11.5 Å². The van der Waals surface area contributed by atoms with E-state index in [1.54, 1.807) is 0 Å². The summed E-state index contributed by atoms with van der Waals surface area (Å²) in [6.07, 6.45) is 3.66. The van der Waals surface area contributed by atoms with Crippen LogP contribution in [0.3, 0.4) is 0 Å². The van der Waals surface area contributed by atoms with Gasteiger partial charge >= 0.3 is 0 Å². The molecule has 3 heteroatoms. The van der Waals surface area contributed by atoms with Crippen LogP contribution in [0, 0.1) is 11.5 Å². The lowest BCUT2D eigenvalue weighted by atomic mass is 10.3. The van der Waals surface area contributed by atoms with E-state index in [0.29, 0.717) is 0 Å². The van der Waals surface area contributed by atoms with Gasteiger partial charge in [-0.3, -0.25) is 0 Å². The van der Waals surface area contributed by atoms with Crippen molar-refractivity contribution in [2.24, 2.45) is 0 Å². The quantitative estimate of drug-likeness (QED) is 0.404. The smallest absolute Gasteiger partial charge is 0.120 e. The number of unbranched alkanes of at least 4 members (excludes halogenated alkanes) is 2. The molecule has 0 aromatic carbocycles. The van der Waals surface area contributed by atoms with Gasteiger partial charge in [0.25, 0.3) is 0 Å². The molecule has 1 radical (unpaired) electrons. The van der Waals surface area contributed by atoms with E-state index in [1.807, 2.05) is 0 Å². The van der Waals surface area contributed by atoms with Crippen LogP contribution in [-0.4, -0.2) is 23.0 Å². The molecule has 0 aliphatic heterocycles. The van der Waals surface area contributed by atoms with Gasteiger partial charge in [0.15, 0.2) is 0 Å². The third kappa shape index (κ3) is 4.30. The Morgan fingerprint density at radius 2 is 1.60 bits per heavy atom. The fourth-order valence-electron chi connectivity index (χ4n) is 1.33. The van der Waals surface area contributed by atoms with Crippen molar-refractivity contribution >= 4 is 23.0 Å². The van der Waals surface area contributed by atoms with E-state index in [2.05, 4.69) is 57.7 Å². The van der Waals surface area contributed by atoms with Gasteiger partial charge in [0.05, 0.1) is 0 Å². The fourth-order valence-corrected chi connectivity index (χ4v) is 20.2. The Morgan fingerprint density at radius 1 is 1.07 bits per heavy atom. The van der Waals surface area contributed by atoms with Crippen molar-refractivity contribution in [1.29, 1.82) is 0 Å². The molecular formula is C12H27Si3. The summed E-state index contributed by atoms with van der Waals surface area (Å²) in [5.74, 6) is 3.45. The lowest BCUT2D eigenvalue weighted by Crippen LogP contribution is -2.62. The minimum atomic E-state index is -1.22. The third-order valence-corrected chi connectivity index (χ3v) is 37.7. The van der Waals surface area contributed by atoms with Gasteiger partial charge in [-0.25, -0.2) is 0 Å². The van der Waals surface area contributed by atoms with Gasteiger partial charge in [0.2, 0.25) is 0 Å². The van der Waals surface area contributed by atoms with Crippen LogP contribution in [0.1, 0.15) is 26.2 Å². The summed E-state index contributed by atoms with van der Waals surface area (Å²) in [7, 11) is -2.33. The predicted octanol–water partition coefficient (Wildman–Crippen LogP) is 4.05. The van der Waals surface area contributed by atoms with Crippen LogP contribution in [0.25, 0.3) is 0 Å². The van der Waals surface area contributed by atoms with Crippen LogP contribution in [-0.2, 0) is 0 Å². The van der Waals surface area contributed by atoms with E-state index in [9.17, 15) is 0 Å². The summed E-state index contributed by atoms with van der Waals surface area (Å²) < 4.78 is 0. The van der Waals surface area contributed by atoms with Gasteiger partial charge in [-0.1, -0.05) is 52.6 Å². The molecule has 0 rings (SSSR count). The highest BCUT2D eigenvalue weighted by molar-refractivity contribution is 7.65. The molecule has 0 saturated heterocycles.